The van der Waals surface area contributed by atoms with E-state index < -0.39 is 0 Å². The van der Waals surface area contributed by atoms with Crippen LogP contribution in [-0.2, 0) is 0 Å². The highest BCUT2D eigenvalue weighted by Gasteiger charge is 2.12. The van der Waals surface area contributed by atoms with Gasteiger partial charge >= 0.3 is 0 Å². The molecule has 2 aromatic carbocycles. The van der Waals surface area contributed by atoms with Crippen molar-refractivity contribution >= 4 is 12.7 Å². The van der Waals surface area contributed by atoms with Crippen LogP contribution in [0.15, 0.2) is 53.3 Å². The van der Waals surface area contributed by atoms with E-state index in [4.69, 9.17) is 9.47 Å². The maximum atomic E-state index is 12.9. The first-order valence-corrected chi connectivity index (χ1v) is 8.42. The summed E-state index contributed by atoms with van der Waals surface area (Å²) in [6, 6.07) is 15.0. The molecule has 0 amide bonds. The molecular weight excluding hydrogens is 328 g/mol. The van der Waals surface area contributed by atoms with E-state index in [1.54, 1.807) is 13.2 Å². The summed E-state index contributed by atoms with van der Waals surface area (Å²) in [6.45, 7) is 7.87. The summed E-state index contributed by atoms with van der Waals surface area (Å²) < 4.78 is 12.8. The number of methoxy groups -OCH3 is 1. The summed E-state index contributed by atoms with van der Waals surface area (Å²) in [5.41, 5.74) is 1.35. The third-order valence-corrected chi connectivity index (χ3v) is 3.90. The van der Waals surface area contributed by atoms with E-state index in [0.717, 1.165) is 11.3 Å². The van der Waals surface area contributed by atoms with Crippen LogP contribution in [0.2, 0.25) is 0 Å². The summed E-state index contributed by atoms with van der Waals surface area (Å²) in [4.78, 5) is 12.9. The number of ether oxygens (including phenoxy) is 2. The van der Waals surface area contributed by atoms with Crippen molar-refractivity contribution in [2.45, 2.75) is 20.0 Å². The largest absolute Gasteiger partial charge is 0.493 e. The van der Waals surface area contributed by atoms with Gasteiger partial charge in [0.2, 0.25) is 0 Å². The lowest BCUT2D eigenvalue weighted by Gasteiger charge is -2.15. The predicted octanol–water partition coefficient (Wildman–Crippen LogP) is 2.20. The first kappa shape index (κ1) is 17.6. The average Bonchev–Trinajstić information content (AvgIpc) is 2.91. The van der Waals surface area contributed by atoms with E-state index in [-0.39, 0.29) is 11.7 Å². The van der Waals surface area contributed by atoms with Crippen molar-refractivity contribution in [3.63, 3.8) is 0 Å². The second-order valence-corrected chi connectivity index (χ2v) is 6.17. The van der Waals surface area contributed by atoms with Crippen LogP contribution in [0.25, 0.3) is 18.3 Å². The monoisotopic (exact) mass is 350 g/mol. The Balaban J connectivity index is 2.20. The number of benzene rings is 2. The molecule has 0 bridgehead atoms. The molecule has 1 N–H and O–H groups in total. The molecule has 26 heavy (non-hydrogen) atoms. The van der Waals surface area contributed by atoms with Crippen molar-refractivity contribution < 1.29 is 9.47 Å². The van der Waals surface area contributed by atoms with Crippen LogP contribution in [0.1, 0.15) is 19.4 Å². The number of aromatic amines is 1. The molecule has 0 aliphatic heterocycles. The molecule has 0 spiro atoms. The van der Waals surface area contributed by atoms with E-state index in [0.29, 0.717) is 22.1 Å². The molecule has 0 aliphatic rings. The summed E-state index contributed by atoms with van der Waals surface area (Å²) in [5.74, 6) is 1.23. The summed E-state index contributed by atoms with van der Waals surface area (Å²) in [5, 5.41) is 4.05. The topological polar surface area (TPSA) is 56.2 Å². The minimum atomic E-state index is -0.167. The van der Waals surface area contributed by atoms with Crippen molar-refractivity contribution in [2.24, 2.45) is 0 Å². The molecule has 0 saturated heterocycles. The van der Waals surface area contributed by atoms with Gasteiger partial charge in [0, 0.05) is 5.56 Å². The van der Waals surface area contributed by atoms with E-state index in [1.165, 1.54) is 4.68 Å². The van der Waals surface area contributed by atoms with Gasteiger partial charge in [-0.05, 0) is 38.1 Å². The number of hydrogen-bond donors (Lipinski definition) is 1. The Morgan fingerprint density at radius 2 is 1.85 bits per heavy atom. The zero-order valence-electron chi connectivity index (χ0n) is 15.2. The fourth-order valence-corrected chi connectivity index (χ4v) is 2.73. The minimum absolute atomic E-state index is 0.0233. The number of nitrogens with one attached hydrogen (secondary N) is 1. The van der Waals surface area contributed by atoms with Crippen LogP contribution < -0.4 is 25.6 Å². The van der Waals surface area contributed by atoms with Gasteiger partial charge in [0.15, 0.2) is 11.5 Å². The van der Waals surface area contributed by atoms with E-state index >= 15 is 0 Å². The van der Waals surface area contributed by atoms with Crippen LogP contribution in [0.3, 0.4) is 0 Å². The molecular formula is C21H22N2O3. The maximum absolute atomic E-state index is 12.9. The zero-order chi connectivity index (χ0) is 18.7. The number of aromatic nitrogens is 2. The Labute approximate surface area is 151 Å². The van der Waals surface area contributed by atoms with E-state index in [2.05, 4.69) is 11.7 Å². The molecule has 1 aromatic heterocycles. The molecule has 0 saturated carbocycles. The summed E-state index contributed by atoms with van der Waals surface area (Å²) >= 11 is 0. The van der Waals surface area contributed by atoms with Crippen molar-refractivity contribution in [1.29, 1.82) is 0 Å². The van der Waals surface area contributed by atoms with Gasteiger partial charge in [0.25, 0.3) is 5.56 Å². The van der Waals surface area contributed by atoms with Gasteiger partial charge in [-0.15, -0.1) is 0 Å². The Hall–Kier alpha value is -3.21. The first-order valence-electron chi connectivity index (χ1n) is 8.42. The molecule has 0 atom stereocenters. The van der Waals surface area contributed by atoms with Gasteiger partial charge in [0.1, 0.15) is 0 Å². The highest BCUT2D eigenvalue weighted by Crippen LogP contribution is 2.32. The number of nitrogens with zero attached hydrogens (tertiary/aromatic N) is 1. The molecule has 5 nitrogen and oxygen atoms in total. The van der Waals surface area contributed by atoms with Gasteiger partial charge in [0.05, 0.1) is 29.5 Å². The van der Waals surface area contributed by atoms with Crippen molar-refractivity contribution in [3.8, 4) is 17.2 Å². The molecule has 3 aromatic rings. The highest BCUT2D eigenvalue weighted by molar-refractivity contribution is 5.62. The average molecular weight is 350 g/mol. The van der Waals surface area contributed by atoms with Gasteiger partial charge in [-0.3, -0.25) is 9.89 Å². The molecule has 0 fully saturated rings. The van der Waals surface area contributed by atoms with Gasteiger partial charge in [-0.2, -0.15) is 0 Å². The van der Waals surface area contributed by atoms with Crippen molar-refractivity contribution in [1.82, 2.24) is 9.78 Å². The quantitative estimate of drug-likeness (QED) is 0.767. The van der Waals surface area contributed by atoms with Crippen LogP contribution in [-0.4, -0.2) is 23.0 Å². The molecule has 5 heteroatoms. The molecule has 0 unspecified atom stereocenters. The van der Waals surface area contributed by atoms with Crippen molar-refractivity contribution in [3.05, 3.63) is 75.0 Å². The Bertz CT molecular complexity index is 1060. The first-order chi connectivity index (χ1) is 12.5. The van der Waals surface area contributed by atoms with Crippen LogP contribution >= 0.6 is 0 Å². The summed E-state index contributed by atoms with van der Waals surface area (Å²) in [7, 11) is 1.60. The SMILES string of the molecule is C=c1[nH]n(-c2ccccc2)c(=O)/c1=C/c1cccc(OC)c1OC(C)C. The van der Waals surface area contributed by atoms with E-state index in [1.807, 2.05) is 62.4 Å². The van der Waals surface area contributed by atoms with Crippen LogP contribution in [0, 0.1) is 0 Å². The minimum Gasteiger partial charge on any atom is -0.493 e. The molecule has 134 valence electrons. The van der Waals surface area contributed by atoms with Crippen LogP contribution in [0.4, 0.5) is 0 Å². The van der Waals surface area contributed by atoms with Gasteiger partial charge in [-0.1, -0.05) is 36.9 Å². The Morgan fingerprint density at radius 1 is 1.12 bits per heavy atom. The lowest BCUT2D eigenvalue weighted by molar-refractivity contribution is 0.229. The zero-order valence-corrected chi connectivity index (χ0v) is 15.2. The predicted molar refractivity (Wildman–Crippen MR) is 103 cm³/mol. The Morgan fingerprint density at radius 3 is 2.50 bits per heavy atom. The Kier molecular flexibility index (Phi) is 4.98. The fraction of sp³-hybridized carbons (Fsp3) is 0.190. The summed E-state index contributed by atoms with van der Waals surface area (Å²) in [6.07, 6.45) is 1.76. The van der Waals surface area contributed by atoms with Gasteiger partial charge in [-0.25, -0.2) is 4.68 Å². The number of para-hydroxylation sites is 2. The number of rotatable bonds is 5. The van der Waals surface area contributed by atoms with Crippen LogP contribution in [0.5, 0.6) is 11.5 Å². The highest BCUT2D eigenvalue weighted by atomic mass is 16.5. The third-order valence-electron chi connectivity index (χ3n) is 3.90. The van der Waals surface area contributed by atoms with Crippen molar-refractivity contribution in [2.75, 3.05) is 7.11 Å². The lowest BCUT2D eigenvalue weighted by Crippen LogP contribution is -2.34. The smallest absolute Gasteiger partial charge is 0.279 e. The molecule has 0 radical (unpaired) electrons. The molecule has 0 aliphatic carbocycles. The lowest BCUT2D eigenvalue weighted by atomic mass is 10.1. The number of hydrogen-bond acceptors (Lipinski definition) is 3. The normalized spacial score (nSPS) is 11.8. The second-order valence-electron chi connectivity index (χ2n) is 6.17. The molecule has 3 rings (SSSR count). The van der Waals surface area contributed by atoms with Gasteiger partial charge < -0.3 is 9.47 Å². The second kappa shape index (κ2) is 7.35. The molecule has 1 heterocycles. The third kappa shape index (κ3) is 3.42. The van der Waals surface area contributed by atoms with E-state index in [9.17, 15) is 4.79 Å². The standard InChI is InChI=1S/C21H22N2O3/c1-14(2)26-20-16(9-8-12-19(20)25-4)13-18-15(3)22-23(21(18)24)17-10-6-5-7-11-17/h5-14,22H,3H2,1-2,4H3/b18-13+. The fourth-order valence-electron chi connectivity index (χ4n) is 2.73. The maximum Gasteiger partial charge on any atom is 0.279 e. The number of H-pyrrole nitrogens is 1.